The minimum atomic E-state index is -4.83. The number of rotatable bonds is 6. The van der Waals surface area contributed by atoms with Gasteiger partial charge < -0.3 is 39.7 Å². The molecule has 12 rings (SSSR count). The predicted octanol–water partition coefficient (Wildman–Crippen LogP) is 10.4. The lowest BCUT2D eigenvalue weighted by molar-refractivity contribution is -0.136. The van der Waals surface area contributed by atoms with E-state index < -0.39 is 28.4 Å². The third kappa shape index (κ3) is 9.37. The molecule has 0 saturated carbocycles. The van der Waals surface area contributed by atoms with E-state index in [2.05, 4.69) is 35.1 Å². The molecular weight excluding hydrogens is 936 g/mol. The Morgan fingerprint density at radius 2 is 1.19 bits per heavy atom. The van der Waals surface area contributed by atoms with Gasteiger partial charge in [-0.2, -0.15) is 13.2 Å². The number of benzene rings is 4. The number of alkyl halides is 3. The van der Waals surface area contributed by atoms with E-state index in [1.165, 1.54) is 24.3 Å². The molecule has 0 unspecified atom stereocenters. The fourth-order valence-corrected chi connectivity index (χ4v) is 9.82. The molecule has 6 aromatic heterocycles. The minimum absolute atomic E-state index is 0.0387. The third-order valence-corrected chi connectivity index (χ3v) is 13.5. The highest BCUT2D eigenvalue weighted by Gasteiger charge is 2.39. The number of hydrogen-bond acceptors (Lipinski definition) is 11. The predicted molar refractivity (Wildman–Crippen MR) is 269 cm³/mol. The Kier molecular flexibility index (Phi) is 13.0. The van der Waals surface area contributed by atoms with Crippen molar-refractivity contribution in [1.82, 2.24) is 25.3 Å². The number of nitrogens with two attached hydrogens (primary N) is 1. The van der Waals surface area contributed by atoms with Gasteiger partial charge in [0.25, 0.3) is 0 Å². The number of hydrogen-bond donors (Lipinski definition) is 4. The summed E-state index contributed by atoms with van der Waals surface area (Å²) in [6.45, 7) is 6.10. The number of fused-ring (bicyclic) bond motifs is 8. The first-order chi connectivity index (χ1) is 34.7. The standard InChI is InChI=1S/C27H25FN4O2.C14H16FN3.C13H6F3NO3/c1-16-22(31-25-20-4-2-3-5-23(20)34-27(33)24(16)25)15-30-19-9-12-32(13-10-19)26-21-14-18(28)7-6-17(21)8-11-29-26;15-11-2-1-10-3-6-17-14(13(10)9-11)18-7-4-12(16)5-8-18;14-13(15,16)10-7(5-18)17-11-6-3-1-2-4-8(6)20-12(19)9(10)11/h2-8,11,14,19,30-31H,9-10,12-13,15H2,1H3;1-3,6,9,12H,4-5,7-8,16H2;1-5,17H. The maximum Gasteiger partial charge on any atom is 0.419 e. The number of pyridine rings is 2. The van der Waals surface area contributed by atoms with Crippen LogP contribution in [0.25, 0.3) is 65.3 Å². The van der Waals surface area contributed by atoms with Gasteiger partial charge in [0, 0.05) is 84.4 Å². The van der Waals surface area contributed by atoms with E-state index in [-0.39, 0.29) is 40.7 Å². The number of carbonyl (C=O) groups excluding carboxylic acids is 1. The smallest absolute Gasteiger partial charge is 0.419 e. The molecule has 13 nitrogen and oxygen atoms in total. The summed E-state index contributed by atoms with van der Waals surface area (Å²) < 4.78 is 76.7. The summed E-state index contributed by atoms with van der Waals surface area (Å²) in [7, 11) is 0. The number of aromatic amines is 2. The van der Waals surface area contributed by atoms with Crippen LogP contribution in [0, 0.1) is 18.6 Å². The van der Waals surface area contributed by atoms with E-state index in [0.717, 1.165) is 107 Å². The maximum atomic E-state index is 13.8. The number of carbonyl (C=O) groups is 1. The second-order valence-electron chi connectivity index (χ2n) is 18.0. The number of nitrogens with one attached hydrogen (secondary N) is 3. The summed E-state index contributed by atoms with van der Waals surface area (Å²) in [5, 5.41) is 8.61. The van der Waals surface area contributed by atoms with Gasteiger partial charge in [0.15, 0.2) is 6.29 Å². The zero-order valence-corrected chi connectivity index (χ0v) is 38.8. The van der Waals surface area contributed by atoms with E-state index in [1.807, 2.05) is 43.3 Å². The molecular formula is C54H47F5N8O5. The fourth-order valence-electron chi connectivity index (χ4n) is 9.82. The second-order valence-corrected chi connectivity index (χ2v) is 18.0. The van der Waals surface area contributed by atoms with Crippen LogP contribution in [0.5, 0.6) is 0 Å². The number of para-hydroxylation sites is 2. The Morgan fingerprint density at radius 3 is 1.72 bits per heavy atom. The molecule has 2 fully saturated rings. The first kappa shape index (κ1) is 47.7. The number of aromatic nitrogens is 4. The molecule has 0 atom stereocenters. The molecule has 368 valence electrons. The summed E-state index contributed by atoms with van der Waals surface area (Å²) in [5.41, 5.74) is 5.97. The normalized spacial score (nSPS) is 14.8. The Bertz CT molecular complexity index is 3780. The van der Waals surface area contributed by atoms with Crippen molar-refractivity contribution in [3.8, 4) is 0 Å². The van der Waals surface area contributed by atoms with Crippen LogP contribution >= 0.6 is 0 Å². The fraction of sp³-hybridized carbons (Fsp3) is 0.241. The lowest BCUT2D eigenvalue weighted by Crippen LogP contribution is -2.42. The molecule has 72 heavy (non-hydrogen) atoms. The average molecular weight is 983 g/mol. The number of H-pyrrole nitrogens is 2. The SMILES string of the molecule is Cc1c(CNC2CCN(c3nccc4ccc(F)cc34)CC2)[nH]c2c1c(=O)oc1ccccc12.NC1CCN(c2nccc3ccc(F)cc23)CC1.O=Cc1[nH]c2c(c1C(F)(F)F)c(=O)oc1ccccc12. The molecule has 0 amide bonds. The molecule has 2 aliphatic heterocycles. The Morgan fingerprint density at radius 1 is 0.694 bits per heavy atom. The molecule has 8 heterocycles. The highest BCUT2D eigenvalue weighted by Crippen LogP contribution is 2.38. The van der Waals surface area contributed by atoms with E-state index >= 15 is 0 Å². The zero-order valence-electron chi connectivity index (χ0n) is 38.8. The van der Waals surface area contributed by atoms with Crippen molar-refractivity contribution in [2.45, 2.75) is 57.4 Å². The summed E-state index contributed by atoms with van der Waals surface area (Å²) in [6, 6.07) is 27.9. The first-order valence-electron chi connectivity index (χ1n) is 23.5. The first-order valence-corrected chi connectivity index (χ1v) is 23.5. The van der Waals surface area contributed by atoms with Crippen LogP contribution in [-0.2, 0) is 12.7 Å². The van der Waals surface area contributed by atoms with Crippen LogP contribution in [-0.4, -0.2) is 64.5 Å². The number of anilines is 2. The minimum Gasteiger partial charge on any atom is -0.422 e. The van der Waals surface area contributed by atoms with Gasteiger partial charge in [-0.3, -0.25) is 4.79 Å². The highest BCUT2D eigenvalue weighted by atomic mass is 19.4. The Balaban J connectivity index is 0.000000134. The van der Waals surface area contributed by atoms with Gasteiger partial charge in [0.05, 0.1) is 33.1 Å². The molecule has 0 aliphatic carbocycles. The van der Waals surface area contributed by atoms with Gasteiger partial charge in [0.1, 0.15) is 34.4 Å². The average Bonchev–Trinajstić information content (AvgIpc) is 3.96. The molecule has 4 aromatic carbocycles. The van der Waals surface area contributed by atoms with Gasteiger partial charge in [-0.25, -0.2) is 28.3 Å². The van der Waals surface area contributed by atoms with Crippen LogP contribution in [0.2, 0.25) is 0 Å². The largest absolute Gasteiger partial charge is 0.422 e. The molecule has 0 radical (unpaired) electrons. The highest BCUT2D eigenvalue weighted by molar-refractivity contribution is 6.06. The number of nitrogens with zero attached hydrogens (tertiary/aromatic N) is 4. The van der Waals surface area contributed by atoms with E-state index in [4.69, 9.17) is 14.6 Å². The molecule has 10 aromatic rings. The summed E-state index contributed by atoms with van der Waals surface area (Å²) in [4.78, 5) is 54.4. The Labute approximate surface area is 406 Å². The quantitative estimate of drug-likeness (QED) is 0.0708. The van der Waals surface area contributed by atoms with E-state index in [9.17, 15) is 36.3 Å². The number of halogens is 5. The monoisotopic (exact) mass is 982 g/mol. The summed E-state index contributed by atoms with van der Waals surface area (Å²) >= 11 is 0. The van der Waals surface area contributed by atoms with Crippen molar-refractivity contribution in [3.63, 3.8) is 0 Å². The van der Waals surface area contributed by atoms with E-state index in [0.29, 0.717) is 28.9 Å². The summed E-state index contributed by atoms with van der Waals surface area (Å²) in [5.74, 6) is 1.26. The van der Waals surface area contributed by atoms with Crippen molar-refractivity contribution in [2.24, 2.45) is 5.73 Å². The van der Waals surface area contributed by atoms with Crippen molar-refractivity contribution in [1.29, 1.82) is 0 Å². The lowest BCUT2D eigenvalue weighted by Gasteiger charge is -2.33. The van der Waals surface area contributed by atoms with Gasteiger partial charge in [-0.1, -0.05) is 36.4 Å². The summed E-state index contributed by atoms with van der Waals surface area (Å²) in [6.07, 6.45) is 2.63. The molecule has 18 heteroatoms. The van der Waals surface area contributed by atoms with Crippen molar-refractivity contribution >= 4 is 83.2 Å². The maximum absolute atomic E-state index is 13.8. The lowest BCUT2D eigenvalue weighted by atomic mass is 10.0. The van der Waals surface area contributed by atoms with Crippen molar-refractivity contribution < 1.29 is 35.6 Å². The molecule has 0 spiro atoms. The van der Waals surface area contributed by atoms with Gasteiger partial charge in [0.2, 0.25) is 0 Å². The number of aryl methyl sites for hydroxylation is 1. The van der Waals surface area contributed by atoms with E-state index in [1.54, 1.807) is 48.8 Å². The van der Waals surface area contributed by atoms with Gasteiger partial charge >= 0.3 is 17.4 Å². The molecule has 2 aliphatic rings. The molecule has 2 saturated heterocycles. The van der Waals surface area contributed by atoms with Crippen LogP contribution in [0.15, 0.2) is 128 Å². The van der Waals surface area contributed by atoms with Crippen LogP contribution in [0.3, 0.4) is 0 Å². The number of piperidine rings is 2. The van der Waals surface area contributed by atoms with Crippen LogP contribution in [0.4, 0.5) is 33.6 Å². The zero-order chi connectivity index (χ0) is 50.3. The second kappa shape index (κ2) is 19.7. The van der Waals surface area contributed by atoms with Crippen molar-refractivity contribution in [3.05, 3.63) is 164 Å². The Hall–Kier alpha value is -7.96. The van der Waals surface area contributed by atoms with Gasteiger partial charge in [-0.15, -0.1) is 0 Å². The van der Waals surface area contributed by atoms with Gasteiger partial charge in [-0.05, 0) is 110 Å². The topological polar surface area (TPSA) is 179 Å². The molecule has 5 N–H and O–H groups in total. The molecule has 0 bridgehead atoms. The third-order valence-electron chi connectivity index (χ3n) is 13.5. The van der Waals surface area contributed by atoms with Crippen molar-refractivity contribution in [2.75, 3.05) is 36.0 Å². The number of aldehydes is 1. The van der Waals surface area contributed by atoms with Crippen LogP contribution in [0.1, 0.15) is 53.0 Å². The van der Waals surface area contributed by atoms with Crippen LogP contribution < -0.4 is 32.1 Å².